The smallest absolute Gasteiger partial charge is 0.275 e. The Balaban J connectivity index is 2.27. The Hall–Kier alpha value is -1.80. The van der Waals surface area contributed by atoms with Crippen molar-refractivity contribution in [3.8, 4) is 0 Å². The molecule has 0 spiro atoms. The molecule has 1 aromatic rings. The topological polar surface area (TPSA) is 47.4 Å². The van der Waals surface area contributed by atoms with Crippen LogP contribution in [0.3, 0.4) is 0 Å². The van der Waals surface area contributed by atoms with Crippen molar-refractivity contribution in [2.75, 3.05) is 13.8 Å². The van der Waals surface area contributed by atoms with Gasteiger partial charge in [0.15, 0.2) is 0 Å². The average Bonchev–Trinajstić information content (AvgIpc) is 2.98. The summed E-state index contributed by atoms with van der Waals surface area (Å²) in [7, 11) is 2.61. The first-order valence-electron chi connectivity index (χ1n) is 7.68. The van der Waals surface area contributed by atoms with E-state index < -0.39 is 30.7 Å². The third-order valence-electron chi connectivity index (χ3n) is 3.85. The standard InChI is InChI=1S/C16H19ClF3N3O2/c1-22-9-12(14(21-22)15(19)20)16(24)23(25-2)11(8-18)7-10-5-3-4-6-13(10)17/h3,5,9,11,15H,4,6-8H2,1-2H3. The number of hydroxylamine groups is 2. The van der Waals surface area contributed by atoms with Crippen LogP contribution in [0.1, 0.15) is 41.7 Å². The van der Waals surface area contributed by atoms with E-state index >= 15 is 0 Å². The predicted molar refractivity (Wildman–Crippen MR) is 87.0 cm³/mol. The van der Waals surface area contributed by atoms with E-state index in [1.165, 1.54) is 14.2 Å². The van der Waals surface area contributed by atoms with Gasteiger partial charge in [-0.3, -0.25) is 14.3 Å². The summed E-state index contributed by atoms with van der Waals surface area (Å²) in [5.41, 5.74) is -0.287. The number of amides is 1. The van der Waals surface area contributed by atoms with Gasteiger partial charge >= 0.3 is 0 Å². The van der Waals surface area contributed by atoms with Crippen LogP contribution in [0.2, 0.25) is 0 Å². The van der Waals surface area contributed by atoms with Gasteiger partial charge in [-0.25, -0.2) is 18.2 Å². The van der Waals surface area contributed by atoms with Crippen LogP contribution in [0.25, 0.3) is 0 Å². The summed E-state index contributed by atoms with van der Waals surface area (Å²) in [6, 6.07) is -0.991. The van der Waals surface area contributed by atoms with Gasteiger partial charge in [-0.1, -0.05) is 23.8 Å². The van der Waals surface area contributed by atoms with E-state index in [1.807, 2.05) is 6.08 Å². The molecule has 1 unspecified atom stereocenters. The van der Waals surface area contributed by atoms with Crippen LogP contribution in [0.5, 0.6) is 0 Å². The van der Waals surface area contributed by atoms with Crippen molar-refractivity contribution >= 4 is 17.5 Å². The Morgan fingerprint density at radius 3 is 2.80 bits per heavy atom. The first kappa shape index (κ1) is 19.5. The number of alkyl halides is 3. The van der Waals surface area contributed by atoms with Crippen molar-refractivity contribution in [1.82, 2.24) is 14.8 Å². The molecule has 2 rings (SSSR count). The number of carbonyl (C=O) groups excluding carboxylic acids is 1. The maximum Gasteiger partial charge on any atom is 0.282 e. The minimum Gasteiger partial charge on any atom is -0.275 e. The minimum atomic E-state index is -2.93. The van der Waals surface area contributed by atoms with Gasteiger partial charge in [-0.2, -0.15) is 5.10 Å². The van der Waals surface area contributed by atoms with Crippen molar-refractivity contribution in [3.05, 3.63) is 40.2 Å². The van der Waals surface area contributed by atoms with E-state index in [0.717, 1.165) is 22.4 Å². The van der Waals surface area contributed by atoms with E-state index in [1.54, 1.807) is 6.08 Å². The first-order valence-corrected chi connectivity index (χ1v) is 8.06. The molecule has 25 heavy (non-hydrogen) atoms. The molecular formula is C16H19ClF3N3O2. The van der Waals surface area contributed by atoms with Gasteiger partial charge < -0.3 is 0 Å². The maximum absolute atomic E-state index is 13.6. The first-order chi connectivity index (χ1) is 11.9. The van der Waals surface area contributed by atoms with Crippen LogP contribution in [0.4, 0.5) is 13.2 Å². The lowest BCUT2D eigenvalue weighted by Gasteiger charge is -2.28. The van der Waals surface area contributed by atoms with Gasteiger partial charge in [0.25, 0.3) is 12.3 Å². The summed E-state index contributed by atoms with van der Waals surface area (Å²) < 4.78 is 40.9. The molecule has 1 atom stereocenters. The fraction of sp³-hybridized carbons (Fsp3) is 0.500. The van der Waals surface area contributed by atoms with Crippen molar-refractivity contribution < 1.29 is 22.8 Å². The van der Waals surface area contributed by atoms with Crippen molar-refractivity contribution in [1.29, 1.82) is 0 Å². The van der Waals surface area contributed by atoms with Crippen LogP contribution < -0.4 is 0 Å². The molecule has 5 nitrogen and oxygen atoms in total. The van der Waals surface area contributed by atoms with Gasteiger partial charge in [0.2, 0.25) is 0 Å². The second-order valence-electron chi connectivity index (χ2n) is 5.60. The van der Waals surface area contributed by atoms with E-state index in [9.17, 15) is 18.0 Å². The molecule has 1 amide bonds. The zero-order valence-electron chi connectivity index (χ0n) is 13.9. The summed E-state index contributed by atoms with van der Waals surface area (Å²) in [5, 5.41) is 4.95. The third kappa shape index (κ3) is 4.43. The van der Waals surface area contributed by atoms with Gasteiger partial charge in [-0.05, 0) is 24.8 Å². The lowest BCUT2D eigenvalue weighted by atomic mass is 10.00. The largest absolute Gasteiger partial charge is 0.282 e. The van der Waals surface area contributed by atoms with Gasteiger partial charge in [0.05, 0.1) is 18.7 Å². The minimum absolute atomic E-state index is 0.121. The van der Waals surface area contributed by atoms with E-state index in [4.69, 9.17) is 16.4 Å². The monoisotopic (exact) mass is 377 g/mol. The number of carbonyl (C=O) groups is 1. The van der Waals surface area contributed by atoms with Gasteiger partial charge in [0, 0.05) is 18.3 Å². The Bertz CT molecular complexity index is 688. The number of nitrogens with zero attached hydrogens (tertiary/aromatic N) is 3. The summed E-state index contributed by atoms with van der Waals surface area (Å²) in [4.78, 5) is 17.6. The molecule has 0 radical (unpaired) electrons. The van der Waals surface area contributed by atoms with Crippen LogP contribution in [-0.4, -0.2) is 40.6 Å². The quantitative estimate of drug-likeness (QED) is 0.676. The van der Waals surface area contributed by atoms with Crippen LogP contribution >= 0.6 is 11.6 Å². The van der Waals surface area contributed by atoms with E-state index in [2.05, 4.69) is 5.10 Å². The molecule has 0 N–H and O–H groups in total. The number of aryl methyl sites for hydroxylation is 1. The number of hydrogen-bond donors (Lipinski definition) is 0. The van der Waals surface area contributed by atoms with Crippen LogP contribution in [0.15, 0.2) is 29.0 Å². The lowest BCUT2D eigenvalue weighted by molar-refractivity contribution is -0.126. The number of halogens is 4. The molecule has 0 bridgehead atoms. The zero-order chi connectivity index (χ0) is 18.6. The highest BCUT2D eigenvalue weighted by Crippen LogP contribution is 2.28. The molecule has 0 saturated carbocycles. The molecule has 0 saturated heterocycles. The second-order valence-corrected chi connectivity index (χ2v) is 6.06. The molecule has 0 aromatic carbocycles. The van der Waals surface area contributed by atoms with Gasteiger partial charge in [0.1, 0.15) is 12.4 Å². The number of allylic oxidation sites excluding steroid dienone is 3. The van der Waals surface area contributed by atoms with Crippen molar-refractivity contribution in [3.63, 3.8) is 0 Å². The molecule has 138 valence electrons. The summed E-state index contributed by atoms with van der Waals surface area (Å²) in [6.45, 7) is -0.911. The molecule has 0 aliphatic heterocycles. The highest BCUT2D eigenvalue weighted by atomic mass is 35.5. The fourth-order valence-electron chi connectivity index (χ4n) is 2.67. The summed E-state index contributed by atoms with van der Waals surface area (Å²) in [6.07, 6.45) is 3.48. The SMILES string of the molecule is CON(C(=O)c1cn(C)nc1C(F)F)C(CF)CC1=C(Cl)CCC=C1. The average molecular weight is 378 g/mol. The number of aromatic nitrogens is 2. The summed E-state index contributed by atoms with van der Waals surface area (Å²) >= 11 is 6.15. The predicted octanol–water partition coefficient (Wildman–Crippen LogP) is 3.93. The van der Waals surface area contributed by atoms with E-state index in [-0.39, 0.29) is 12.0 Å². The third-order valence-corrected chi connectivity index (χ3v) is 4.29. The highest BCUT2D eigenvalue weighted by Gasteiger charge is 2.31. The summed E-state index contributed by atoms with van der Waals surface area (Å²) in [5.74, 6) is -0.870. The second kappa shape index (κ2) is 8.53. The molecule has 1 aromatic heterocycles. The maximum atomic E-state index is 13.6. The van der Waals surface area contributed by atoms with Crippen LogP contribution in [0, 0.1) is 0 Å². The van der Waals surface area contributed by atoms with Crippen LogP contribution in [-0.2, 0) is 11.9 Å². The van der Waals surface area contributed by atoms with Crippen molar-refractivity contribution in [2.24, 2.45) is 7.05 Å². The Labute approximate surface area is 148 Å². The number of hydrogen-bond acceptors (Lipinski definition) is 3. The fourth-order valence-corrected chi connectivity index (χ4v) is 2.92. The van der Waals surface area contributed by atoms with Gasteiger partial charge in [-0.15, -0.1) is 0 Å². The number of rotatable bonds is 7. The Kier molecular flexibility index (Phi) is 6.66. The van der Waals surface area contributed by atoms with Crippen molar-refractivity contribution in [2.45, 2.75) is 31.7 Å². The molecule has 0 fully saturated rings. The highest BCUT2D eigenvalue weighted by molar-refractivity contribution is 6.30. The van der Waals surface area contributed by atoms with E-state index in [0.29, 0.717) is 17.0 Å². The molecule has 1 heterocycles. The Morgan fingerprint density at radius 2 is 2.24 bits per heavy atom. The lowest BCUT2D eigenvalue weighted by Crippen LogP contribution is -2.41. The molecular weight excluding hydrogens is 359 g/mol. The molecule has 1 aliphatic carbocycles. The zero-order valence-corrected chi connectivity index (χ0v) is 14.6. The normalized spacial score (nSPS) is 15.8. The molecule has 9 heteroatoms. The Morgan fingerprint density at radius 1 is 1.52 bits per heavy atom. The molecule has 1 aliphatic rings.